The number of amides is 1. The van der Waals surface area contributed by atoms with Crippen LogP contribution in [0, 0.1) is 0 Å². The van der Waals surface area contributed by atoms with E-state index in [-0.39, 0.29) is 12.7 Å². The third kappa shape index (κ3) is 9.34. The first-order chi connectivity index (χ1) is 12.2. The maximum Gasteiger partial charge on any atom is 0.323 e. The van der Waals surface area contributed by atoms with Gasteiger partial charge in [-0.3, -0.25) is 18.9 Å². The summed E-state index contributed by atoms with van der Waals surface area (Å²) in [6, 6.07) is 9.67. The Morgan fingerprint density at radius 1 is 1.00 bits per heavy atom. The zero-order chi connectivity index (χ0) is 19.6. The highest BCUT2D eigenvalue weighted by Crippen LogP contribution is 2.41. The van der Waals surface area contributed by atoms with E-state index in [1.807, 2.05) is 30.3 Å². The number of carboxylic acid groups (broad SMARTS) is 2. The standard InChI is InChI=1S/C17H24NO7P/c19-15(18(12-17(22)23)10-9-16(20)21)13-26(24,25)11-5-4-8-14-6-2-1-3-7-14/h1-3,6-7H,4-5,8-13H2,(H,20,21)(H,22,23)(H,24,25). The zero-order valence-corrected chi connectivity index (χ0v) is 15.3. The molecule has 0 radical (unpaired) electrons. The molecule has 0 spiro atoms. The number of aryl methyl sites for hydroxylation is 1. The van der Waals surface area contributed by atoms with Crippen molar-refractivity contribution < 1.29 is 34.1 Å². The van der Waals surface area contributed by atoms with Crippen LogP contribution >= 0.6 is 7.37 Å². The van der Waals surface area contributed by atoms with E-state index in [1.54, 1.807) is 0 Å². The molecule has 0 saturated carbocycles. The molecule has 0 bridgehead atoms. The van der Waals surface area contributed by atoms with Crippen LogP contribution in [-0.4, -0.2) is 63.3 Å². The van der Waals surface area contributed by atoms with Crippen LogP contribution in [0.25, 0.3) is 0 Å². The van der Waals surface area contributed by atoms with Gasteiger partial charge in [0.25, 0.3) is 0 Å². The number of unbranched alkanes of at least 4 members (excludes halogenated alkanes) is 1. The molecule has 9 heteroatoms. The van der Waals surface area contributed by atoms with Crippen molar-refractivity contribution in [1.82, 2.24) is 4.90 Å². The minimum absolute atomic E-state index is 0.0363. The lowest BCUT2D eigenvalue weighted by Crippen LogP contribution is -2.39. The van der Waals surface area contributed by atoms with Crippen LogP contribution in [-0.2, 0) is 25.4 Å². The first-order valence-corrected chi connectivity index (χ1v) is 10.3. The molecule has 0 aliphatic carbocycles. The van der Waals surface area contributed by atoms with Crippen molar-refractivity contribution in [2.24, 2.45) is 0 Å². The molecule has 26 heavy (non-hydrogen) atoms. The molecule has 144 valence electrons. The number of benzene rings is 1. The van der Waals surface area contributed by atoms with Gasteiger partial charge < -0.3 is 20.0 Å². The molecule has 1 rings (SSSR count). The summed E-state index contributed by atoms with van der Waals surface area (Å²) in [5.41, 5.74) is 1.12. The number of aliphatic carboxylic acids is 2. The van der Waals surface area contributed by atoms with Crippen molar-refractivity contribution >= 4 is 25.2 Å². The third-order valence-electron chi connectivity index (χ3n) is 3.72. The summed E-state index contributed by atoms with van der Waals surface area (Å²) in [6.45, 7) is -1.01. The molecule has 0 aromatic heterocycles. The van der Waals surface area contributed by atoms with E-state index in [2.05, 4.69) is 0 Å². The number of hydrogen-bond acceptors (Lipinski definition) is 4. The van der Waals surface area contributed by atoms with Gasteiger partial charge in [-0.1, -0.05) is 30.3 Å². The van der Waals surface area contributed by atoms with Crippen molar-refractivity contribution in [1.29, 1.82) is 0 Å². The van der Waals surface area contributed by atoms with E-state index in [9.17, 15) is 23.8 Å². The normalized spacial score (nSPS) is 13.0. The van der Waals surface area contributed by atoms with Crippen LogP contribution < -0.4 is 0 Å². The minimum atomic E-state index is -3.75. The number of rotatable bonds is 12. The molecular formula is C17H24NO7P. The van der Waals surface area contributed by atoms with Crippen LogP contribution in [0.4, 0.5) is 0 Å². The highest BCUT2D eigenvalue weighted by molar-refractivity contribution is 7.58. The lowest BCUT2D eigenvalue weighted by molar-refractivity contribution is -0.145. The molecule has 0 saturated heterocycles. The predicted octanol–water partition coefficient (Wildman–Crippen LogP) is 1.67. The van der Waals surface area contributed by atoms with Gasteiger partial charge in [-0.05, 0) is 24.8 Å². The van der Waals surface area contributed by atoms with Crippen molar-refractivity contribution in [3.63, 3.8) is 0 Å². The molecule has 3 N–H and O–H groups in total. The maximum atomic E-state index is 12.2. The summed E-state index contributed by atoms with van der Waals surface area (Å²) in [5, 5.41) is 17.5. The van der Waals surface area contributed by atoms with Crippen LogP contribution in [0.5, 0.6) is 0 Å². The van der Waals surface area contributed by atoms with E-state index in [4.69, 9.17) is 10.2 Å². The Balaban J connectivity index is 2.47. The summed E-state index contributed by atoms with van der Waals surface area (Å²) < 4.78 is 12.2. The second-order valence-electron chi connectivity index (χ2n) is 6.02. The highest BCUT2D eigenvalue weighted by Gasteiger charge is 2.27. The smallest absolute Gasteiger partial charge is 0.323 e. The SMILES string of the molecule is O=C(O)CCN(CC(=O)O)C(=O)CP(=O)(O)CCCCc1ccccc1. The third-order valence-corrected chi connectivity index (χ3v) is 5.50. The highest BCUT2D eigenvalue weighted by atomic mass is 31.2. The van der Waals surface area contributed by atoms with Crippen molar-refractivity contribution in [3.8, 4) is 0 Å². The van der Waals surface area contributed by atoms with Gasteiger partial charge in [-0.25, -0.2) is 0 Å². The average Bonchev–Trinajstić information content (AvgIpc) is 2.55. The first-order valence-electron chi connectivity index (χ1n) is 8.26. The van der Waals surface area contributed by atoms with Gasteiger partial charge in [0, 0.05) is 12.7 Å². The van der Waals surface area contributed by atoms with E-state index < -0.39 is 44.3 Å². The number of carbonyl (C=O) groups excluding carboxylic acids is 1. The van der Waals surface area contributed by atoms with Crippen LogP contribution in [0.15, 0.2) is 30.3 Å². The lowest BCUT2D eigenvalue weighted by Gasteiger charge is -2.21. The average molecular weight is 385 g/mol. The fraction of sp³-hybridized carbons (Fsp3) is 0.471. The Labute approximate surface area is 151 Å². The molecule has 1 atom stereocenters. The number of carboxylic acids is 2. The van der Waals surface area contributed by atoms with Gasteiger partial charge in [0.05, 0.1) is 6.42 Å². The van der Waals surface area contributed by atoms with Crippen molar-refractivity contribution in [3.05, 3.63) is 35.9 Å². The van der Waals surface area contributed by atoms with Gasteiger partial charge in [-0.2, -0.15) is 0 Å². The topological polar surface area (TPSA) is 132 Å². The van der Waals surface area contributed by atoms with Crippen molar-refractivity contribution in [2.75, 3.05) is 25.4 Å². The minimum Gasteiger partial charge on any atom is -0.481 e. The van der Waals surface area contributed by atoms with Crippen LogP contribution in [0.1, 0.15) is 24.8 Å². The van der Waals surface area contributed by atoms with Gasteiger partial charge in [0.1, 0.15) is 12.7 Å². The quantitative estimate of drug-likeness (QED) is 0.368. The molecule has 1 aromatic carbocycles. The van der Waals surface area contributed by atoms with Gasteiger partial charge >= 0.3 is 11.9 Å². The molecule has 0 aliphatic heterocycles. The summed E-state index contributed by atoms with van der Waals surface area (Å²) in [4.78, 5) is 44.3. The molecule has 1 aromatic rings. The Hall–Kier alpha value is -2.18. The monoisotopic (exact) mass is 385 g/mol. The second-order valence-corrected chi connectivity index (χ2v) is 8.48. The van der Waals surface area contributed by atoms with E-state index in [0.717, 1.165) is 16.9 Å². The Kier molecular flexibility index (Phi) is 9.02. The van der Waals surface area contributed by atoms with Gasteiger partial charge in [-0.15, -0.1) is 0 Å². The van der Waals surface area contributed by atoms with E-state index >= 15 is 0 Å². The van der Waals surface area contributed by atoms with Crippen LogP contribution in [0.2, 0.25) is 0 Å². The molecule has 1 amide bonds. The Morgan fingerprint density at radius 3 is 2.23 bits per heavy atom. The molecule has 0 fully saturated rings. The number of carbonyl (C=O) groups is 3. The molecule has 8 nitrogen and oxygen atoms in total. The van der Waals surface area contributed by atoms with Gasteiger partial charge in [0.2, 0.25) is 13.3 Å². The fourth-order valence-electron chi connectivity index (χ4n) is 2.41. The van der Waals surface area contributed by atoms with Gasteiger partial charge in [0.15, 0.2) is 0 Å². The van der Waals surface area contributed by atoms with Crippen LogP contribution in [0.3, 0.4) is 0 Å². The summed E-state index contributed by atoms with van der Waals surface area (Å²) >= 11 is 0. The molecule has 1 unspecified atom stereocenters. The Morgan fingerprint density at radius 2 is 1.65 bits per heavy atom. The largest absolute Gasteiger partial charge is 0.481 e. The molecule has 0 heterocycles. The summed E-state index contributed by atoms with van der Waals surface area (Å²) in [6.07, 6.45) is 0.783. The predicted molar refractivity (Wildman–Crippen MR) is 95.4 cm³/mol. The van der Waals surface area contributed by atoms with Crippen molar-refractivity contribution in [2.45, 2.75) is 25.7 Å². The number of hydrogen-bond donors (Lipinski definition) is 3. The molecule has 0 aliphatic rings. The maximum absolute atomic E-state index is 12.2. The van der Waals surface area contributed by atoms with E-state index in [0.29, 0.717) is 12.8 Å². The fourth-order valence-corrected chi connectivity index (χ4v) is 3.91. The zero-order valence-electron chi connectivity index (χ0n) is 14.4. The van der Waals surface area contributed by atoms with E-state index in [1.165, 1.54) is 0 Å². The molecular weight excluding hydrogens is 361 g/mol. The Bertz CT molecular complexity index is 662. The summed E-state index contributed by atoms with van der Waals surface area (Å²) in [7, 11) is -3.75. The summed E-state index contributed by atoms with van der Waals surface area (Å²) in [5.74, 6) is -3.30. The lowest BCUT2D eigenvalue weighted by atomic mass is 10.1. The second kappa shape index (κ2) is 10.7. The number of nitrogens with zero attached hydrogens (tertiary/aromatic N) is 1. The first kappa shape index (κ1) is 21.9.